The number of carbonyl (C=O) groups excluding carboxylic acids is 2. The first-order valence-electron chi connectivity index (χ1n) is 8.87. The molecule has 0 saturated heterocycles. The monoisotopic (exact) mass is 393 g/mol. The van der Waals surface area contributed by atoms with Crippen molar-refractivity contribution < 1.29 is 14.3 Å². The Balaban J connectivity index is 1.61. The average molecular weight is 394 g/mol. The molecular formula is C23H20ClNO3. The summed E-state index contributed by atoms with van der Waals surface area (Å²) in [5, 5.41) is 3.34. The van der Waals surface area contributed by atoms with Gasteiger partial charge in [-0.05, 0) is 62.4 Å². The maximum atomic E-state index is 12.5. The number of Topliss-reactive ketones (excluding diaryl/α,β-unsaturated/α-hetero) is 1. The molecule has 1 N–H and O–H groups in total. The topological polar surface area (TPSA) is 55.4 Å². The van der Waals surface area contributed by atoms with Crippen molar-refractivity contribution >= 4 is 29.0 Å². The van der Waals surface area contributed by atoms with Gasteiger partial charge in [-0.15, -0.1) is 0 Å². The van der Waals surface area contributed by atoms with Gasteiger partial charge < -0.3 is 10.1 Å². The molecular weight excluding hydrogens is 374 g/mol. The Morgan fingerprint density at radius 3 is 2.25 bits per heavy atom. The number of halogens is 1. The van der Waals surface area contributed by atoms with E-state index in [4.69, 9.17) is 16.3 Å². The molecule has 1 atom stereocenters. The molecule has 1 amide bonds. The second-order valence-corrected chi connectivity index (χ2v) is 6.92. The van der Waals surface area contributed by atoms with Crippen LogP contribution >= 0.6 is 11.6 Å². The van der Waals surface area contributed by atoms with E-state index in [1.807, 2.05) is 19.1 Å². The van der Waals surface area contributed by atoms with Gasteiger partial charge >= 0.3 is 0 Å². The molecule has 0 spiro atoms. The first kappa shape index (κ1) is 19.6. The normalized spacial score (nSPS) is 11.5. The molecule has 0 aliphatic heterocycles. The fraction of sp³-hybridized carbons (Fsp3) is 0.130. The van der Waals surface area contributed by atoms with Gasteiger partial charge in [0.1, 0.15) is 5.75 Å². The van der Waals surface area contributed by atoms with Gasteiger partial charge in [0.05, 0.1) is 0 Å². The number of anilines is 1. The number of hydrogen-bond donors (Lipinski definition) is 1. The van der Waals surface area contributed by atoms with Crippen molar-refractivity contribution in [3.8, 4) is 5.75 Å². The maximum Gasteiger partial charge on any atom is 0.255 e. The molecule has 4 nitrogen and oxygen atoms in total. The highest BCUT2D eigenvalue weighted by Gasteiger charge is 2.17. The molecule has 0 aliphatic rings. The molecule has 0 saturated carbocycles. The summed E-state index contributed by atoms with van der Waals surface area (Å²) in [5.41, 5.74) is 2.83. The predicted molar refractivity (Wildman–Crippen MR) is 111 cm³/mol. The Bertz CT molecular complexity index is 981. The van der Waals surface area contributed by atoms with Crippen LogP contribution in [0.1, 0.15) is 33.2 Å². The van der Waals surface area contributed by atoms with E-state index in [1.165, 1.54) is 0 Å². The number of hydrogen-bond acceptors (Lipinski definition) is 3. The second-order valence-electron chi connectivity index (χ2n) is 6.48. The smallest absolute Gasteiger partial charge is 0.255 e. The van der Waals surface area contributed by atoms with Crippen molar-refractivity contribution in [3.63, 3.8) is 0 Å². The van der Waals surface area contributed by atoms with E-state index in [1.54, 1.807) is 67.6 Å². The zero-order valence-corrected chi connectivity index (χ0v) is 16.4. The molecule has 0 radical (unpaired) electrons. The zero-order valence-electron chi connectivity index (χ0n) is 15.6. The third kappa shape index (κ3) is 4.99. The number of ketones is 1. The molecule has 28 heavy (non-hydrogen) atoms. The lowest BCUT2D eigenvalue weighted by Gasteiger charge is -2.14. The molecule has 0 bridgehead atoms. The van der Waals surface area contributed by atoms with Gasteiger partial charge in [0.15, 0.2) is 6.10 Å². The quantitative estimate of drug-likeness (QED) is 0.558. The number of ether oxygens (including phenoxy) is 1. The minimum Gasteiger partial charge on any atom is -0.483 e. The highest BCUT2D eigenvalue weighted by Crippen LogP contribution is 2.20. The first-order chi connectivity index (χ1) is 13.4. The third-order valence-electron chi connectivity index (χ3n) is 4.22. The van der Waals surface area contributed by atoms with E-state index in [-0.39, 0.29) is 11.7 Å². The predicted octanol–water partition coefficient (Wildman–Crippen LogP) is 5.55. The van der Waals surface area contributed by atoms with Crippen LogP contribution in [0.4, 0.5) is 5.69 Å². The van der Waals surface area contributed by atoms with Gasteiger partial charge in [-0.25, -0.2) is 0 Å². The van der Waals surface area contributed by atoms with Gasteiger partial charge in [0.25, 0.3) is 5.91 Å². The van der Waals surface area contributed by atoms with Crippen LogP contribution in [0.15, 0.2) is 72.8 Å². The molecule has 0 aliphatic carbocycles. The maximum absolute atomic E-state index is 12.5. The fourth-order valence-electron chi connectivity index (χ4n) is 2.66. The highest BCUT2D eigenvalue weighted by atomic mass is 35.5. The van der Waals surface area contributed by atoms with Crippen molar-refractivity contribution in [1.29, 1.82) is 0 Å². The number of carbonyl (C=O) groups is 2. The molecule has 0 aromatic heterocycles. The van der Waals surface area contributed by atoms with E-state index < -0.39 is 6.10 Å². The number of amides is 1. The standard InChI is InChI=1S/C23H20ClNO3/c1-15-6-8-17(9-7-15)23(27)25-20-10-12-21(13-11-20)28-16(2)22(26)18-4-3-5-19(24)14-18/h3-14,16H,1-2H3,(H,25,27). The third-order valence-corrected chi connectivity index (χ3v) is 4.45. The lowest BCUT2D eigenvalue weighted by atomic mass is 10.1. The average Bonchev–Trinajstić information content (AvgIpc) is 2.69. The van der Waals surface area contributed by atoms with Gasteiger partial charge in [-0.3, -0.25) is 9.59 Å². The number of benzene rings is 3. The molecule has 5 heteroatoms. The minimum atomic E-state index is -0.661. The summed E-state index contributed by atoms with van der Waals surface area (Å²) < 4.78 is 5.72. The van der Waals surface area contributed by atoms with Crippen molar-refractivity contribution in [1.82, 2.24) is 0 Å². The van der Waals surface area contributed by atoms with Crippen LogP contribution in [0.25, 0.3) is 0 Å². The van der Waals surface area contributed by atoms with Crippen LogP contribution in [0.3, 0.4) is 0 Å². The number of aryl methyl sites for hydroxylation is 1. The summed E-state index contributed by atoms with van der Waals surface area (Å²) in [7, 11) is 0. The summed E-state index contributed by atoms with van der Waals surface area (Å²) in [6.45, 7) is 3.66. The van der Waals surface area contributed by atoms with E-state index >= 15 is 0 Å². The minimum absolute atomic E-state index is 0.153. The Labute approximate surface area is 169 Å². The van der Waals surface area contributed by atoms with Crippen LogP contribution in [-0.2, 0) is 0 Å². The summed E-state index contributed by atoms with van der Waals surface area (Å²) >= 11 is 5.94. The molecule has 3 aromatic carbocycles. The van der Waals surface area contributed by atoms with E-state index in [9.17, 15) is 9.59 Å². The van der Waals surface area contributed by atoms with Gasteiger partial charge in [0.2, 0.25) is 5.78 Å². The van der Waals surface area contributed by atoms with E-state index in [2.05, 4.69) is 5.32 Å². The summed E-state index contributed by atoms with van der Waals surface area (Å²) in [6.07, 6.45) is -0.661. The Kier molecular flexibility index (Phi) is 6.12. The van der Waals surface area contributed by atoms with Crippen LogP contribution in [0.5, 0.6) is 5.75 Å². The van der Waals surface area contributed by atoms with Crippen molar-refractivity contribution in [2.75, 3.05) is 5.32 Å². The van der Waals surface area contributed by atoms with Gasteiger partial charge in [-0.1, -0.05) is 41.4 Å². The van der Waals surface area contributed by atoms with Crippen LogP contribution in [0, 0.1) is 6.92 Å². The van der Waals surface area contributed by atoms with Crippen LogP contribution in [0.2, 0.25) is 5.02 Å². The molecule has 142 valence electrons. The lowest BCUT2D eigenvalue weighted by Crippen LogP contribution is -2.23. The molecule has 0 fully saturated rings. The molecule has 3 aromatic rings. The summed E-state index contributed by atoms with van der Waals surface area (Å²) in [4.78, 5) is 24.7. The fourth-order valence-corrected chi connectivity index (χ4v) is 2.85. The highest BCUT2D eigenvalue weighted by molar-refractivity contribution is 6.31. The van der Waals surface area contributed by atoms with Crippen molar-refractivity contribution in [2.24, 2.45) is 0 Å². The van der Waals surface area contributed by atoms with Gasteiger partial charge in [-0.2, -0.15) is 0 Å². The molecule has 1 unspecified atom stereocenters. The Hall–Kier alpha value is -3.11. The van der Waals surface area contributed by atoms with Gasteiger partial charge in [0, 0.05) is 21.8 Å². The summed E-state index contributed by atoms with van der Waals surface area (Å²) in [5.74, 6) is 0.202. The van der Waals surface area contributed by atoms with Crippen LogP contribution in [-0.4, -0.2) is 17.8 Å². The Morgan fingerprint density at radius 2 is 1.61 bits per heavy atom. The first-order valence-corrected chi connectivity index (χ1v) is 9.25. The Morgan fingerprint density at radius 1 is 0.929 bits per heavy atom. The number of nitrogens with one attached hydrogen (secondary N) is 1. The zero-order chi connectivity index (χ0) is 20.1. The molecule has 3 rings (SSSR count). The SMILES string of the molecule is Cc1ccc(C(=O)Nc2ccc(OC(C)C(=O)c3cccc(Cl)c3)cc2)cc1. The largest absolute Gasteiger partial charge is 0.483 e. The van der Waals surface area contributed by atoms with Crippen LogP contribution < -0.4 is 10.1 Å². The molecule has 0 heterocycles. The lowest BCUT2D eigenvalue weighted by molar-refractivity contribution is 0.0818. The second kappa shape index (κ2) is 8.72. The van der Waals surface area contributed by atoms with E-state index in [0.717, 1.165) is 5.56 Å². The van der Waals surface area contributed by atoms with E-state index in [0.29, 0.717) is 27.6 Å². The number of rotatable bonds is 6. The summed E-state index contributed by atoms with van der Waals surface area (Å²) in [6, 6.07) is 21.0. The van der Waals surface area contributed by atoms with Crippen molar-refractivity contribution in [2.45, 2.75) is 20.0 Å². The van der Waals surface area contributed by atoms with Crippen molar-refractivity contribution in [3.05, 3.63) is 94.5 Å².